The number of rotatable bonds is 8. The van der Waals surface area contributed by atoms with E-state index in [0.29, 0.717) is 0 Å². The number of aromatic amines is 1. The van der Waals surface area contributed by atoms with Crippen molar-refractivity contribution in [3.05, 3.63) is 36.0 Å². The molecule has 1 heterocycles. The number of ether oxygens (including phenoxy) is 1. The third kappa shape index (κ3) is 5.02. The minimum absolute atomic E-state index is 0.210. The summed E-state index contributed by atoms with van der Waals surface area (Å²) in [6.07, 6.45) is 1.97. The number of benzene rings is 1. The van der Waals surface area contributed by atoms with Crippen LogP contribution in [0, 0.1) is 0 Å². The van der Waals surface area contributed by atoms with Crippen LogP contribution in [0.2, 0.25) is 0 Å². The largest absolute Gasteiger partial charge is 0.467 e. The van der Waals surface area contributed by atoms with Crippen LogP contribution in [-0.2, 0) is 31.0 Å². The van der Waals surface area contributed by atoms with Crippen molar-refractivity contribution in [3.8, 4) is 0 Å². The number of methoxy groups -OCH3 is 1. The van der Waals surface area contributed by atoms with E-state index in [0.717, 1.165) is 16.5 Å². The van der Waals surface area contributed by atoms with Gasteiger partial charge in [-0.05, 0) is 11.6 Å². The molecule has 1 atom stereocenters. The van der Waals surface area contributed by atoms with Crippen LogP contribution in [0.5, 0.6) is 0 Å². The second-order valence-electron chi connectivity index (χ2n) is 5.24. The molecule has 4 N–H and O–H groups in total. The number of H-pyrrole nitrogens is 1. The first-order chi connectivity index (χ1) is 11.9. The molecule has 2 aromatic rings. The summed E-state index contributed by atoms with van der Waals surface area (Å²) in [5.74, 6) is -1.26. The summed E-state index contributed by atoms with van der Waals surface area (Å²) in [5.41, 5.74) is 1.75. The lowest BCUT2D eigenvalue weighted by atomic mass is 10.0. The first-order valence-corrected chi connectivity index (χ1v) is 8.95. The Morgan fingerprint density at radius 2 is 2.00 bits per heavy atom. The van der Waals surface area contributed by atoms with Gasteiger partial charge in [-0.25, -0.2) is 9.52 Å². The molecule has 0 aliphatic heterocycles. The predicted octanol–water partition coefficient (Wildman–Crippen LogP) is -0.578. The van der Waals surface area contributed by atoms with Gasteiger partial charge in [0.15, 0.2) is 0 Å². The Kier molecular flexibility index (Phi) is 6.12. The van der Waals surface area contributed by atoms with Crippen molar-refractivity contribution < 1.29 is 22.7 Å². The SMILES string of the molecule is CNS(=O)(=O)NCC(=O)N[C@H](Cc1c[nH]c2ccccc12)C(=O)OC. The van der Waals surface area contributed by atoms with E-state index in [-0.39, 0.29) is 6.42 Å². The molecule has 0 radical (unpaired) electrons. The quantitative estimate of drug-likeness (QED) is 0.463. The van der Waals surface area contributed by atoms with Crippen molar-refractivity contribution in [2.45, 2.75) is 12.5 Å². The van der Waals surface area contributed by atoms with Gasteiger partial charge in [-0.1, -0.05) is 18.2 Å². The van der Waals surface area contributed by atoms with Crippen molar-refractivity contribution in [1.82, 2.24) is 19.7 Å². The van der Waals surface area contributed by atoms with Crippen LogP contribution in [0.25, 0.3) is 10.9 Å². The number of carbonyl (C=O) groups is 2. The Morgan fingerprint density at radius 3 is 2.68 bits per heavy atom. The lowest BCUT2D eigenvalue weighted by Crippen LogP contribution is -2.48. The maximum absolute atomic E-state index is 12.0. The molecule has 0 saturated heterocycles. The van der Waals surface area contributed by atoms with Crippen molar-refractivity contribution in [1.29, 1.82) is 0 Å². The van der Waals surface area contributed by atoms with Crippen LogP contribution < -0.4 is 14.8 Å². The molecule has 136 valence electrons. The summed E-state index contributed by atoms with van der Waals surface area (Å²) in [4.78, 5) is 27.0. The fourth-order valence-electron chi connectivity index (χ4n) is 2.33. The van der Waals surface area contributed by atoms with Gasteiger partial charge in [0.2, 0.25) is 5.91 Å². The summed E-state index contributed by atoms with van der Waals surface area (Å²) in [6, 6.07) is 6.62. The van der Waals surface area contributed by atoms with Crippen molar-refractivity contribution in [2.75, 3.05) is 20.7 Å². The molecule has 2 rings (SSSR count). The van der Waals surface area contributed by atoms with E-state index in [1.807, 2.05) is 29.0 Å². The highest BCUT2D eigenvalue weighted by molar-refractivity contribution is 7.87. The summed E-state index contributed by atoms with van der Waals surface area (Å²) in [7, 11) is -1.30. The number of hydrogen-bond acceptors (Lipinski definition) is 5. The maximum atomic E-state index is 12.0. The molecule has 9 nitrogen and oxygen atoms in total. The van der Waals surface area contributed by atoms with Crippen LogP contribution in [0.3, 0.4) is 0 Å². The summed E-state index contributed by atoms with van der Waals surface area (Å²) in [6.45, 7) is -0.495. The van der Waals surface area contributed by atoms with Gasteiger partial charge in [0.05, 0.1) is 13.7 Å². The van der Waals surface area contributed by atoms with Crippen molar-refractivity contribution in [2.24, 2.45) is 0 Å². The zero-order valence-corrected chi connectivity index (χ0v) is 14.6. The van der Waals surface area contributed by atoms with Crippen LogP contribution in [0.15, 0.2) is 30.5 Å². The van der Waals surface area contributed by atoms with E-state index in [1.54, 1.807) is 6.20 Å². The predicted molar refractivity (Wildman–Crippen MR) is 91.9 cm³/mol. The Labute approximate surface area is 145 Å². The third-order valence-electron chi connectivity index (χ3n) is 3.61. The zero-order valence-electron chi connectivity index (χ0n) is 13.8. The van der Waals surface area contributed by atoms with E-state index in [4.69, 9.17) is 4.74 Å². The molecule has 0 fully saturated rings. The Bertz CT molecular complexity index is 862. The zero-order chi connectivity index (χ0) is 18.4. The second-order valence-corrected chi connectivity index (χ2v) is 6.94. The number of amides is 1. The highest BCUT2D eigenvalue weighted by Crippen LogP contribution is 2.19. The molecule has 0 unspecified atom stereocenters. The molecular weight excluding hydrogens is 348 g/mol. The van der Waals surface area contributed by atoms with Crippen molar-refractivity contribution >= 4 is 33.0 Å². The highest BCUT2D eigenvalue weighted by Gasteiger charge is 2.23. The molecule has 10 heteroatoms. The Morgan fingerprint density at radius 1 is 1.28 bits per heavy atom. The van der Waals surface area contributed by atoms with Gasteiger partial charge >= 0.3 is 5.97 Å². The van der Waals surface area contributed by atoms with Gasteiger partial charge in [0, 0.05) is 30.6 Å². The minimum atomic E-state index is -3.74. The summed E-state index contributed by atoms with van der Waals surface area (Å²) < 4.78 is 31.4. The molecule has 25 heavy (non-hydrogen) atoms. The Hall–Kier alpha value is -2.43. The van der Waals surface area contributed by atoms with Crippen molar-refractivity contribution in [3.63, 3.8) is 0 Å². The summed E-state index contributed by atoms with van der Waals surface area (Å²) >= 11 is 0. The number of aromatic nitrogens is 1. The van der Waals surface area contributed by atoms with Gasteiger partial charge in [-0.2, -0.15) is 13.1 Å². The number of hydrogen-bond donors (Lipinski definition) is 4. The van der Waals surface area contributed by atoms with Gasteiger partial charge in [0.1, 0.15) is 6.04 Å². The number of esters is 1. The highest BCUT2D eigenvalue weighted by atomic mass is 32.2. The normalized spacial score (nSPS) is 12.7. The van der Waals surface area contributed by atoms with Gasteiger partial charge < -0.3 is 15.0 Å². The van der Waals surface area contributed by atoms with E-state index >= 15 is 0 Å². The number of para-hydroxylation sites is 1. The monoisotopic (exact) mass is 368 g/mol. The van der Waals surface area contributed by atoms with Crippen LogP contribution in [0.1, 0.15) is 5.56 Å². The van der Waals surface area contributed by atoms with Gasteiger partial charge in [0.25, 0.3) is 10.2 Å². The fraction of sp³-hybridized carbons (Fsp3) is 0.333. The average molecular weight is 368 g/mol. The third-order valence-corrected chi connectivity index (χ3v) is 4.67. The number of nitrogens with one attached hydrogen (secondary N) is 4. The molecule has 0 aliphatic rings. The fourth-order valence-corrected chi connectivity index (χ4v) is 2.80. The lowest BCUT2D eigenvalue weighted by molar-refractivity contribution is -0.144. The second kappa shape index (κ2) is 8.10. The topological polar surface area (TPSA) is 129 Å². The molecule has 1 aromatic carbocycles. The standard InChI is InChI=1S/C15H20N4O5S/c1-16-25(22,23)18-9-14(20)19-13(15(21)24-2)7-10-8-17-12-6-4-3-5-11(10)12/h3-6,8,13,16-18H,7,9H2,1-2H3,(H,19,20)/t13-/m1/s1. The van der Waals surface area contributed by atoms with E-state index in [9.17, 15) is 18.0 Å². The molecule has 0 saturated carbocycles. The first kappa shape index (κ1) is 18.9. The lowest BCUT2D eigenvalue weighted by Gasteiger charge is -2.16. The number of fused-ring (bicyclic) bond motifs is 1. The molecule has 1 aromatic heterocycles. The van der Waals surface area contributed by atoms with Gasteiger partial charge in [-0.3, -0.25) is 4.79 Å². The van der Waals surface area contributed by atoms with Gasteiger partial charge in [-0.15, -0.1) is 0 Å². The van der Waals surface area contributed by atoms with E-state index in [2.05, 4.69) is 15.0 Å². The van der Waals surface area contributed by atoms with E-state index in [1.165, 1.54) is 14.2 Å². The minimum Gasteiger partial charge on any atom is -0.467 e. The average Bonchev–Trinajstić information content (AvgIpc) is 3.02. The molecule has 1 amide bonds. The van der Waals surface area contributed by atoms with Crippen LogP contribution >= 0.6 is 0 Å². The van der Waals surface area contributed by atoms with Crippen LogP contribution in [-0.4, -0.2) is 52.0 Å². The van der Waals surface area contributed by atoms with E-state index < -0.39 is 34.7 Å². The van der Waals surface area contributed by atoms with Crippen LogP contribution in [0.4, 0.5) is 0 Å². The molecule has 0 bridgehead atoms. The molecular formula is C15H20N4O5S. The Balaban J connectivity index is 2.09. The molecule has 0 spiro atoms. The summed E-state index contributed by atoms with van der Waals surface area (Å²) in [5, 5.41) is 3.42. The molecule has 0 aliphatic carbocycles. The first-order valence-electron chi connectivity index (χ1n) is 7.46. The number of carbonyl (C=O) groups excluding carboxylic acids is 2. The maximum Gasteiger partial charge on any atom is 0.328 e. The smallest absolute Gasteiger partial charge is 0.328 e.